The lowest BCUT2D eigenvalue weighted by Crippen LogP contribution is -2.51. The summed E-state index contributed by atoms with van der Waals surface area (Å²) in [6.45, 7) is 2.01. The van der Waals surface area contributed by atoms with Crippen LogP contribution in [0, 0.1) is 23.6 Å². The smallest absolute Gasteiger partial charge is 0.137 e. The molecule has 4 aliphatic rings. The van der Waals surface area contributed by atoms with Crippen LogP contribution in [0.2, 0.25) is 0 Å². The molecule has 2 aromatic carbocycles. The topological polar surface area (TPSA) is 80.5 Å². The van der Waals surface area contributed by atoms with E-state index in [9.17, 15) is 14.6 Å². The number of anilines is 1. The number of aliphatic hydroxyl groups is 2. The molecule has 0 radical (unpaired) electrons. The van der Waals surface area contributed by atoms with Crippen LogP contribution >= 0.6 is 0 Å². The van der Waals surface area contributed by atoms with Gasteiger partial charge in [-0.1, -0.05) is 37.3 Å². The lowest BCUT2D eigenvalue weighted by molar-refractivity contribution is -0.0324. The second-order valence-corrected chi connectivity index (χ2v) is 9.26. The average Bonchev–Trinajstić information content (AvgIpc) is 3.39. The quantitative estimate of drug-likeness (QED) is 0.696. The fraction of sp³-hybridized carbons (Fsp3) is 0.360. The minimum absolute atomic E-state index is 0.0377. The highest BCUT2D eigenvalue weighted by molar-refractivity contribution is 6.09. The number of aliphatic imine (C=N–C) groups is 2. The average molecular weight is 432 g/mol. The van der Waals surface area contributed by atoms with E-state index in [0.29, 0.717) is 0 Å². The Morgan fingerprint density at radius 3 is 2.53 bits per heavy atom. The van der Waals surface area contributed by atoms with Crippen LogP contribution in [-0.4, -0.2) is 51.2 Å². The number of halogens is 1. The van der Waals surface area contributed by atoms with Crippen molar-refractivity contribution in [2.75, 3.05) is 5.32 Å². The number of hydrogen-bond donors (Lipinski definition) is 3. The minimum atomic E-state index is -0.822. The van der Waals surface area contributed by atoms with Gasteiger partial charge in [-0.2, -0.15) is 0 Å². The van der Waals surface area contributed by atoms with Crippen LogP contribution in [0.15, 0.2) is 70.8 Å². The first kappa shape index (κ1) is 19.6. The van der Waals surface area contributed by atoms with Crippen molar-refractivity contribution in [3.8, 4) is 0 Å². The van der Waals surface area contributed by atoms with Crippen LogP contribution in [0.5, 0.6) is 0 Å². The van der Waals surface area contributed by atoms with Gasteiger partial charge in [0, 0.05) is 11.9 Å². The summed E-state index contributed by atoms with van der Waals surface area (Å²) in [7, 11) is 0. The Bertz CT molecular complexity index is 1130. The summed E-state index contributed by atoms with van der Waals surface area (Å²) >= 11 is 0. The van der Waals surface area contributed by atoms with Gasteiger partial charge in [-0.05, 0) is 53.7 Å². The molecule has 3 N–H and O–H groups in total. The molecular formula is C25H25FN4O2. The molecule has 6 nitrogen and oxygen atoms in total. The molecule has 2 aromatic rings. The molecule has 2 heterocycles. The van der Waals surface area contributed by atoms with Gasteiger partial charge in [0.1, 0.15) is 30.3 Å². The van der Waals surface area contributed by atoms with E-state index in [1.807, 2.05) is 25.1 Å². The van der Waals surface area contributed by atoms with E-state index in [-0.39, 0.29) is 29.7 Å². The fourth-order valence-corrected chi connectivity index (χ4v) is 5.91. The number of hydrogen-bond acceptors (Lipinski definition) is 6. The van der Waals surface area contributed by atoms with Gasteiger partial charge in [0.25, 0.3) is 0 Å². The molecule has 2 fully saturated rings. The molecule has 6 rings (SSSR count). The van der Waals surface area contributed by atoms with E-state index < -0.39 is 17.7 Å². The number of fused-ring (bicyclic) bond motifs is 2. The minimum Gasteiger partial charge on any atom is -0.390 e. The van der Waals surface area contributed by atoms with Gasteiger partial charge in [-0.15, -0.1) is 0 Å². The second kappa shape index (κ2) is 6.98. The summed E-state index contributed by atoms with van der Waals surface area (Å²) < 4.78 is 13.4. The predicted molar refractivity (Wildman–Crippen MR) is 122 cm³/mol. The van der Waals surface area contributed by atoms with Gasteiger partial charge >= 0.3 is 0 Å². The molecule has 2 saturated carbocycles. The van der Waals surface area contributed by atoms with E-state index in [0.717, 1.165) is 29.1 Å². The van der Waals surface area contributed by atoms with Gasteiger partial charge in [0.2, 0.25) is 0 Å². The molecule has 32 heavy (non-hydrogen) atoms. The first-order valence-corrected chi connectivity index (χ1v) is 11.0. The highest BCUT2D eigenvalue weighted by Crippen LogP contribution is 2.64. The van der Waals surface area contributed by atoms with Crippen molar-refractivity contribution >= 4 is 23.4 Å². The molecule has 7 atom stereocenters. The highest BCUT2D eigenvalue weighted by atomic mass is 19.1. The fourth-order valence-electron chi connectivity index (χ4n) is 5.91. The van der Waals surface area contributed by atoms with E-state index in [1.54, 1.807) is 18.5 Å². The Balaban J connectivity index is 1.40. The number of nitrogens with one attached hydrogen (secondary N) is 1. The molecule has 2 aliphatic carbocycles. The Kier molecular flexibility index (Phi) is 4.29. The standard InChI is InChI=1S/C25H25FN4O2/c1-14-19-11-25(19,22(32)21(14)31)30-12-18(15-5-3-2-4-6-15)20-23(27-13-28-24(20)30)29-17-9-7-16(26)8-10-17/h2-10,12-14,19-22,24,31-32H,11H2,1H3,(H,27,28,29)/t14-,19-,20?,21?,22-,24?,25+/m0/s1. The molecule has 3 unspecified atom stereocenters. The number of benzene rings is 2. The van der Waals surface area contributed by atoms with Crippen LogP contribution in [0.3, 0.4) is 0 Å². The normalized spacial score (nSPS) is 36.9. The maximum absolute atomic E-state index is 13.4. The number of amidine groups is 1. The second-order valence-electron chi connectivity index (χ2n) is 9.26. The van der Waals surface area contributed by atoms with Gasteiger partial charge < -0.3 is 20.4 Å². The van der Waals surface area contributed by atoms with Crippen LogP contribution in [0.25, 0.3) is 5.57 Å². The summed E-state index contributed by atoms with van der Waals surface area (Å²) in [6, 6.07) is 16.3. The van der Waals surface area contributed by atoms with Gasteiger partial charge in [-0.3, -0.25) is 0 Å². The van der Waals surface area contributed by atoms with Gasteiger partial charge in [0.05, 0.1) is 17.6 Å². The molecule has 2 aliphatic heterocycles. The third-order valence-corrected chi connectivity index (χ3v) is 7.65. The number of nitrogens with zero attached hydrogens (tertiary/aromatic N) is 3. The molecule has 7 heteroatoms. The summed E-state index contributed by atoms with van der Waals surface area (Å²) in [6.07, 6.45) is 2.65. The Hall–Kier alpha value is -3.03. The zero-order valence-corrected chi connectivity index (χ0v) is 17.6. The molecule has 0 spiro atoms. The maximum Gasteiger partial charge on any atom is 0.137 e. The van der Waals surface area contributed by atoms with Gasteiger partial charge in [-0.25, -0.2) is 14.4 Å². The molecule has 0 bridgehead atoms. The third kappa shape index (κ3) is 2.71. The lowest BCUT2D eigenvalue weighted by atomic mass is 9.91. The maximum atomic E-state index is 13.4. The molecule has 0 amide bonds. The van der Waals surface area contributed by atoms with E-state index in [2.05, 4.69) is 33.5 Å². The lowest BCUT2D eigenvalue weighted by Gasteiger charge is -2.37. The molecule has 0 saturated heterocycles. The summed E-state index contributed by atoms with van der Waals surface area (Å²) in [5, 5.41) is 24.9. The van der Waals surface area contributed by atoms with Crippen LogP contribution in [0.1, 0.15) is 18.9 Å². The third-order valence-electron chi connectivity index (χ3n) is 7.65. The van der Waals surface area contributed by atoms with Crippen molar-refractivity contribution in [1.82, 2.24) is 4.90 Å². The van der Waals surface area contributed by atoms with Gasteiger partial charge in [0.15, 0.2) is 0 Å². The molecule has 0 aromatic heterocycles. The highest BCUT2D eigenvalue weighted by Gasteiger charge is 2.74. The first-order valence-electron chi connectivity index (χ1n) is 11.0. The zero-order valence-electron chi connectivity index (χ0n) is 17.6. The van der Waals surface area contributed by atoms with E-state index in [1.165, 1.54) is 12.1 Å². The zero-order chi connectivity index (χ0) is 22.0. The van der Waals surface area contributed by atoms with Crippen LogP contribution in [-0.2, 0) is 0 Å². The van der Waals surface area contributed by atoms with Crippen molar-refractivity contribution in [3.63, 3.8) is 0 Å². The molecule has 164 valence electrons. The van der Waals surface area contributed by atoms with Crippen molar-refractivity contribution in [1.29, 1.82) is 0 Å². The van der Waals surface area contributed by atoms with Crippen molar-refractivity contribution in [3.05, 3.63) is 72.2 Å². The first-order chi connectivity index (χ1) is 15.5. The van der Waals surface area contributed by atoms with E-state index in [4.69, 9.17) is 4.99 Å². The Morgan fingerprint density at radius 2 is 1.84 bits per heavy atom. The SMILES string of the molecule is C[C@@H]1C(O)[C@H](O)[C@@]2(N3C=C(c4ccccc4)C4C(Nc5ccc(F)cc5)=NC=NC43)C[C@@H]12. The molecular weight excluding hydrogens is 407 g/mol. The summed E-state index contributed by atoms with van der Waals surface area (Å²) in [5.74, 6) is 0.518. The van der Waals surface area contributed by atoms with Crippen molar-refractivity contribution in [2.24, 2.45) is 27.7 Å². The predicted octanol–water partition coefficient (Wildman–Crippen LogP) is 3.11. The monoisotopic (exact) mass is 432 g/mol. The van der Waals surface area contributed by atoms with Crippen molar-refractivity contribution in [2.45, 2.75) is 37.3 Å². The van der Waals surface area contributed by atoms with Crippen LogP contribution < -0.4 is 5.32 Å². The Labute approximate surface area is 185 Å². The number of rotatable bonds is 3. The van der Waals surface area contributed by atoms with E-state index >= 15 is 0 Å². The Morgan fingerprint density at radius 1 is 1.09 bits per heavy atom. The van der Waals surface area contributed by atoms with Crippen LogP contribution in [0.4, 0.5) is 10.1 Å². The van der Waals surface area contributed by atoms with Crippen molar-refractivity contribution < 1.29 is 14.6 Å². The summed E-state index contributed by atoms with van der Waals surface area (Å²) in [4.78, 5) is 11.4. The largest absolute Gasteiger partial charge is 0.390 e. The summed E-state index contributed by atoms with van der Waals surface area (Å²) in [5.41, 5.74) is 2.36. The number of aliphatic hydroxyl groups excluding tert-OH is 2.